The van der Waals surface area contributed by atoms with Crippen molar-refractivity contribution in [2.24, 2.45) is 5.73 Å². The van der Waals surface area contributed by atoms with E-state index in [0.29, 0.717) is 11.3 Å². The van der Waals surface area contributed by atoms with Crippen molar-refractivity contribution >= 4 is 0 Å². The summed E-state index contributed by atoms with van der Waals surface area (Å²) in [4.78, 5) is 7.96. The summed E-state index contributed by atoms with van der Waals surface area (Å²) in [5, 5.41) is 0. The molecule has 0 radical (unpaired) electrons. The van der Waals surface area contributed by atoms with Crippen LogP contribution in [0.4, 0.5) is 4.39 Å². The number of benzene rings is 1. The normalized spacial score (nSPS) is 12.2. The van der Waals surface area contributed by atoms with Crippen LogP contribution in [0.5, 0.6) is 5.75 Å². The maximum atomic E-state index is 14.0. The first-order chi connectivity index (χ1) is 8.24. The maximum Gasteiger partial charge on any atom is 0.170 e. The first-order valence-electron chi connectivity index (χ1n) is 5.08. The molecular formula is C12H12FN3O. The Hall–Kier alpha value is -2.01. The molecule has 2 N–H and O–H groups in total. The Bertz CT molecular complexity index is 504. The molecule has 0 aliphatic carbocycles. The molecule has 0 spiro atoms. The third-order valence-corrected chi connectivity index (χ3v) is 2.45. The second-order valence-electron chi connectivity index (χ2n) is 3.47. The Morgan fingerprint density at radius 1 is 1.35 bits per heavy atom. The second kappa shape index (κ2) is 4.88. The molecule has 2 rings (SSSR count). The molecule has 1 unspecified atom stereocenters. The lowest BCUT2D eigenvalue weighted by molar-refractivity contribution is 0.383. The number of hydrogen-bond donors (Lipinski definition) is 1. The van der Waals surface area contributed by atoms with Crippen LogP contribution in [0.25, 0.3) is 0 Å². The molecule has 1 aromatic heterocycles. The van der Waals surface area contributed by atoms with Crippen LogP contribution in [0.15, 0.2) is 36.8 Å². The molecule has 1 atom stereocenters. The molecule has 0 saturated carbocycles. The molecule has 17 heavy (non-hydrogen) atoms. The van der Waals surface area contributed by atoms with Crippen LogP contribution >= 0.6 is 0 Å². The zero-order chi connectivity index (χ0) is 12.3. The van der Waals surface area contributed by atoms with Crippen molar-refractivity contribution in [3.63, 3.8) is 0 Å². The van der Waals surface area contributed by atoms with Crippen molar-refractivity contribution in [3.05, 3.63) is 53.9 Å². The highest BCUT2D eigenvalue weighted by Gasteiger charge is 2.17. The minimum absolute atomic E-state index is 0.168. The van der Waals surface area contributed by atoms with Crippen molar-refractivity contribution in [1.82, 2.24) is 9.97 Å². The summed E-state index contributed by atoms with van der Waals surface area (Å²) >= 11 is 0. The monoisotopic (exact) mass is 233 g/mol. The van der Waals surface area contributed by atoms with Gasteiger partial charge in [0.25, 0.3) is 0 Å². The van der Waals surface area contributed by atoms with Gasteiger partial charge in [-0.1, -0.05) is 12.1 Å². The van der Waals surface area contributed by atoms with Gasteiger partial charge < -0.3 is 10.5 Å². The first-order valence-corrected chi connectivity index (χ1v) is 5.08. The van der Waals surface area contributed by atoms with Crippen molar-refractivity contribution in [2.75, 3.05) is 7.11 Å². The average molecular weight is 233 g/mol. The lowest BCUT2D eigenvalue weighted by Gasteiger charge is -2.13. The standard InChI is InChI=1S/C12H12FN3O/c1-17-10-4-2-3-8(11(10)13)12(14)9-7-15-5-6-16-9/h2-7,12H,14H2,1H3. The van der Waals surface area contributed by atoms with Gasteiger partial charge in [-0.2, -0.15) is 0 Å². The fraction of sp³-hybridized carbons (Fsp3) is 0.167. The van der Waals surface area contributed by atoms with E-state index in [2.05, 4.69) is 9.97 Å². The number of ether oxygens (including phenoxy) is 1. The van der Waals surface area contributed by atoms with Crippen molar-refractivity contribution < 1.29 is 9.13 Å². The fourth-order valence-corrected chi connectivity index (χ4v) is 1.56. The third-order valence-electron chi connectivity index (χ3n) is 2.45. The number of nitrogens with zero attached hydrogens (tertiary/aromatic N) is 2. The minimum Gasteiger partial charge on any atom is -0.494 e. The van der Waals surface area contributed by atoms with E-state index in [1.165, 1.54) is 25.7 Å². The highest BCUT2D eigenvalue weighted by molar-refractivity contribution is 5.35. The lowest BCUT2D eigenvalue weighted by Crippen LogP contribution is -2.15. The third kappa shape index (κ3) is 2.24. The van der Waals surface area contributed by atoms with Crippen LogP contribution in [0.3, 0.4) is 0 Å². The number of halogens is 1. The van der Waals surface area contributed by atoms with Gasteiger partial charge in [-0.25, -0.2) is 4.39 Å². The predicted molar refractivity (Wildman–Crippen MR) is 61.0 cm³/mol. The zero-order valence-electron chi connectivity index (χ0n) is 9.30. The number of aromatic nitrogens is 2. The molecule has 0 aliphatic rings. The molecule has 0 aliphatic heterocycles. The van der Waals surface area contributed by atoms with E-state index in [0.717, 1.165) is 0 Å². The Labute approximate surface area is 98.3 Å². The van der Waals surface area contributed by atoms with Gasteiger partial charge in [0, 0.05) is 18.0 Å². The molecule has 4 nitrogen and oxygen atoms in total. The Balaban J connectivity index is 2.41. The van der Waals surface area contributed by atoms with Crippen molar-refractivity contribution in [1.29, 1.82) is 0 Å². The van der Waals surface area contributed by atoms with Gasteiger partial charge in [-0.05, 0) is 6.07 Å². The van der Waals surface area contributed by atoms with E-state index in [4.69, 9.17) is 10.5 Å². The van der Waals surface area contributed by atoms with Gasteiger partial charge in [0.05, 0.1) is 25.0 Å². The van der Waals surface area contributed by atoms with Crippen LogP contribution in [0.2, 0.25) is 0 Å². The lowest BCUT2D eigenvalue weighted by atomic mass is 10.0. The molecule has 0 bridgehead atoms. The summed E-state index contributed by atoms with van der Waals surface area (Å²) < 4.78 is 18.9. The van der Waals surface area contributed by atoms with Crippen LogP contribution in [-0.4, -0.2) is 17.1 Å². The SMILES string of the molecule is COc1cccc(C(N)c2cnccn2)c1F. The van der Waals surface area contributed by atoms with Crippen LogP contribution in [-0.2, 0) is 0 Å². The van der Waals surface area contributed by atoms with E-state index in [-0.39, 0.29) is 5.75 Å². The molecule has 5 heteroatoms. The number of methoxy groups -OCH3 is 1. The molecule has 1 heterocycles. The minimum atomic E-state index is -0.654. The topological polar surface area (TPSA) is 61.0 Å². The van der Waals surface area contributed by atoms with E-state index >= 15 is 0 Å². The fourth-order valence-electron chi connectivity index (χ4n) is 1.56. The molecule has 1 aromatic carbocycles. The summed E-state index contributed by atoms with van der Waals surface area (Å²) in [5.41, 5.74) is 6.79. The largest absolute Gasteiger partial charge is 0.494 e. The van der Waals surface area contributed by atoms with Crippen LogP contribution in [0.1, 0.15) is 17.3 Å². The Morgan fingerprint density at radius 3 is 2.82 bits per heavy atom. The Kier molecular flexibility index (Phi) is 3.30. The summed E-state index contributed by atoms with van der Waals surface area (Å²) in [7, 11) is 1.41. The molecule has 0 fully saturated rings. The summed E-state index contributed by atoms with van der Waals surface area (Å²) in [6, 6.07) is 4.19. The van der Waals surface area contributed by atoms with Crippen molar-refractivity contribution in [2.45, 2.75) is 6.04 Å². The zero-order valence-corrected chi connectivity index (χ0v) is 9.30. The first kappa shape index (κ1) is 11.5. The van der Waals surface area contributed by atoms with Gasteiger partial charge in [0.2, 0.25) is 0 Å². The molecule has 0 saturated heterocycles. The average Bonchev–Trinajstić information content (AvgIpc) is 2.39. The number of hydrogen-bond acceptors (Lipinski definition) is 4. The predicted octanol–water partition coefficient (Wildman–Crippen LogP) is 1.67. The molecular weight excluding hydrogens is 221 g/mol. The summed E-state index contributed by atoms with van der Waals surface area (Å²) in [6.07, 6.45) is 4.58. The van der Waals surface area contributed by atoms with E-state index in [9.17, 15) is 4.39 Å². The molecule has 0 amide bonds. The second-order valence-corrected chi connectivity index (χ2v) is 3.47. The van der Waals surface area contributed by atoms with E-state index < -0.39 is 11.9 Å². The highest BCUT2D eigenvalue weighted by atomic mass is 19.1. The summed E-state index contributed by atoms with van der Waals surface area (Å²) in [5.74, 6) is -0.296. The number of nitrogens with two attached hydrogens (primary N) is 1. The van der Waals surface area contributed by atoms with Gasteiger partial charge >= 0.3 is 0 Å². The van der Waals surface area contributed by atoms with E-state index in [1.54, 1.807) is 18.2 Å². The van der Waals surface area contributed by atoms with Gasteiger partial charge in [0.1, 0.15) is 0 Å². The quantitative estimate of drug-likeness (QED) is 0.876. The van der Waals surface area contributed by atoms with Crippen molar-refractivity contribution in [3.8, 4) is 5.75 Å². The summed E-state index contributed by atoms with van der Waals surface area (Å²) in [6.45, 7) is 0. The molecule has 88 valence electrons. The van der Waals surface area contributed by atoms with Crippen LogP contribution in [0, 0.1) is 5.82 Å². The van der Waals surface area contributed by atoms with E-state index in [1.807, 2.05) is 0 Å². The van der Waals surface area contributed by atoms with Crippen LogP contribution < -0.4 is 10.5 Å². The maximum absolute atomic E-state index is 14.0. The van der Waals surface area contributed by atoms with Gasteiger partial charge in [-0.15, -0.1) is 0 Å². The Morgan fingerprint density at radius 2 is 2.18 bits per heavy atom. The number of rotatable bonds is 3. The highest BCUT2D eigenvalue weighted by Crippen LogP contribution is 2.26. The van der Waals surface area contributed by atoms with Gasteiger partial charge in [0.15, 0.2) is 11.6 Å². The molecule has 2 aromatic rings. The smallest absolute Gasteiger partial charge is 0.170 e. The van der Waals surface area contributed by atoms with Gasteiger partial charge in [-0.3, -0.25) is 9.97 Å².